The summed E-state index contributed by atoms with van der Waals surface area (Å²) < 4.78 is 22.9. The van der Waals surface area contributed by atoms with Crippen molar-refractivity contribution in [3.05, 3.63) is 18.2 Å². The maximum Gasteiger partial charge on any atom is 0.175 e. The van der Waals surface area contributed by atoms with Gasteiger partial charge >= 0.3 is 0 Å². The fourth-order valence-corrected chi connectivity index (χ4v) is 3.01. The van der Waals surface area contributed by atoms with Crippen LogP contribution in [0, 0.1) is 0 Å². The molecule has 0 amide bonds. The molecular formula is C14H24N4O2S. The zero-order valence-corrected chi connectivity index (χ0v) is 13.5. The van der Waals surface area contributed by atoms with Crippen molar-refractivity contribution in [1.82, 2.24) is 9.80 Å². The van der Waals surface area contributed by atoms with Crippen molar-refractivity contribution in [2.45, 2.75) is 4.90 Å². The van der Waals surface area contributed by atoms with E-state index < -0.39 is 9.84 Å². The molecule has 3 N–H and O–H groups in total. The summed E-state index contributed by atoms with van der Waals surface area (Å²) in [5, 5.41) is 3.28. The molecule has 0 radical (unpaired) electrons. The number of nitrogens with one attached hydrogen (secondary N) is 1. The third-order valence-corrected chi connectivity index (χ3v) is 4.90. The Balaban J connectivity index is 1.86. The number of nitrogen functional groups attached to an aromatic ring is 1. The summed E-state index contributed by atoms with van der Waals surface area (Å²) in [5.41, 5.74) is 7.17. The highest BCUT2D eigenvalue weighted by Crippen LogP contribution is 2.22. The molecule has 2 rings (SSSR count). The lowest BCUT2D eigenvalue weighted by atomic mass is 10.2. The van der Waals surface area contributed by atoms with E-state index in [1.807, 2.05) is 0 Å². The van der Waals surface area contributed by atoms with E-state index in [9.17, 15) is 8.42 Å². The molecule has 1 aliphatic heterocycles. The standard InChI is InChI=1S/C14H24N4O2S/c1-17-7-9-18(10-8-17)6-5-16-14-4-3-12(11-13(14)15)21(2,19)20/h3-4,11,16H,5-10,15H2,1-2H3. The van der Waals surface area contributed by atoms with Gasteiger partial charge < -0.3 is 16.0 Å². The van der Waals surface area contributed by atoms with Crippen LogP contribution in [0.3, 0.4) is 0 Å². The normalized spacial score (nSPS) is 17.8. The van der Waals surface area contributed by atoms with Crippen molar-refractivity contribution in [3.8, 4) is 0 Å². The van der Waals surface area contributed by atoms with Gasteiger partial charge in [-0.05, 0) is 25.2 Å². The van der Waals surface area contributed by atoms with Gasteiger partial charge in [0.25, 0.3) is 0 Å². The number of likely N-dealkylation sites (N-methyl/N-ethyl adjacent to an activating group) is 1. The highest BCUT2D eigenvalue weighted by Gasteiger charge is 2.13. The van der Waals surface area contributed by atoms with Gasteiger partial charge in [-0.1, -0.05) is 0 Å². The van der Waals surface area contributed by atoms with Crippen LogP contribution in [0.1, 0.15) is 0 Å². The van der Waals surface area contributed by atoms with Gasteiger partial charge in [0, 0.05) is 45.5 Å². The third kappa shape index (κ3) is 4.59. The quantitative estimate of drug-likeness (QED) is 0.763. The Kier molecular flexibility index (Phi) is 5.08. The molecule has 0 atom stereocenters. The van der Waals surface area contributed by atoms with Gasteiger partial charge in [-0.15, -0.1) is 0 Å². The first-order valence-electron chi connectivity index (χ1n) is 7.10. The van der Waals surface area contributed by atoms with Gasteiger partial charge in [0.1, 0.15) is 0 Å². The molecular weight excluding hydrogens is 288 g/mol. The molecule has 1 aliphatic rings. The number of piperazine rings is 1. The summed E-state index contributed by atoms with van der Waals surface area (Å²) in [5.74, 6) is 0. The van der Waals surface area contributed by atoms with Crippen LogP contribution in [0.2, 0.25) is 0 Å². The van der Waals surface area contributed by atoms with E-state index >= 15 is 0 Å². The molecule has 1 fully saturated rings. The number of anilines is 2. The van der Waals surface area contributed by atoms with Gasteiger partial charge in [-0.3, -0.25) is 4.90 Å². The highest BCUT2D eigenvalue weighted by atomic mass is 32.2. The van der Waals surface area contributed by atoms with Gasteiger partial charge in [0.2, 0.25) is 0 Å². The molecule has 0 aliphatic carbocycles. The van der Waals surface area contributed by atoms with Crippen molar-refractivity contribution >= 4 is 21.2 Å². The fourth-order valence-electron chi connectivity index (χ4n) is 2.35. The SMILES string of the molecule is CN1CCN(CCNc2ccc(S(C)(=O)=O)cc2N)CC1. The number of hydrogen-bond donors (Lipinski definition) is 2. The molecule has 0 spiro atoms. The molecule has 1 heterocycles. The van der Waals surface area contributed by atoms with Crippen LogP contribution >= 0.6 is 0 Å². The Bertz CT molecular complexity index is 581. The van der Waals surface area contributed by atoms with E-state index in [0.717, 1.165) is 45.0 Å². The first-order valence-corrected chi connectivity index (χ1v) is 9.00. The summed E-state index contributed by atoms with van der Waals surface area (Å²) in [4.78, 5) is 4.99. The van der Waals surface area contributed by atoms with Gasteiger partial charge in [-0.2, -0.15) is 0 Å². The summed E-state index contributed by atoms with van der Waals surface area (Å²) in [6, 6.07) is 4.83. The number of benzene rings is 1. The first kappa shape index (κ1) is 16.1. The van der Waals surface area contributed by atoms with Crippen molar-refractivity contribution in [3.63, 3.8) is 0 Å². The number of rotatable bonds is 5. The van der Waals surface area contributed by atoms with Crippen molar-refractivity contribution in [2.75, 3.05) is 63.6 Å². The second kappa shape index (κ2) is 6.64. The Hall–Kier alpha value is -1.31. The van der Waals surface area contributed by atoms with E-state index in [0.29, 0.717) is 5.69 Å². The minimum Gasteiger partial charge on any atom is -0.397 e. The summed E-state index contributed by atoms with van der Waals surface area (Å²) in [6.45, 7) is 6.13. The van der Waals surface area contributed by atoms with Gasteiger partial charge in [0.15, 0.2) is 9.84 Å². The second-order valence-electron chi connectivity index (χ2n) is 5.59. The zero-order chi connectivity index (χ0) is 15.5. The van der Waals surface area contributed by atoms with E-state index in [4.69, 9.17) is 5.73 Å². The molecule has 0 bridgehead atoms. The van der Waals surface area contributed by atoms with Crippen LogP contribution in [-0.4, -0.2) is 70.8 Å². The molecule has 118 valence electrons. The molecule has 0 unspecified atom stereocenters. The molecule has 0 saturated carbocycles. The third-order valence-electron chi connectivity index (χ3n) is 3.79. The molecule has 1 aromatic carbocycles. The topological polar surface area (TPSA) is 78.7 Å². The van der Waals surface area contributed by atoms with E-state index in [1.165, 1.54) is 12.3 Å². The fraction of sp³-hybridized carbons (Fsp3) is 0.571. The van der Waals surface area contributed by atoms with E-state index in [2.05, 4.69) is 22.2 Å². The summed E-state index contributed by atoms with van der Waals surface area (Å²) in [6.07, 6.45) is 1.18. The lowest BCUT2D eigenvalue weighted by molar-refractivity contribution is 0.158. The molecule has 1 saturated heterocycles. The molecule has 1 aromatic rings. The molecule has 0 aromatic heterocycles. The molecule has 21 heavy (non-hydrogen) atoms. The van der Waals surface area contributed by atoms with Gasteiger partial charge in [-0.25, -0.2) is 8.42 Å². The van der Waals surface area contributed by atoms with Gasteiger partial charge in [0.05, 0.1) is 16.3 Å². The lowest BCUT2D eigenvalue weighted by Crippen LogP contribution is -2.45. The van der Waals surface area contributed by atoms with Crippen LogP contribution in [0.15, 0.2) is 23.1 Å². The Morgan fingerprint density at radius 2 is 1.90 bits per heavy atom. The monoisotopic (exact) mass is 312 g/mol. The maximum atomic E-state index is 11.5. The average Bonchev–Trinajstić information content (AvgIpc) is 2.41. The second-order valence-corrected chi connectivity index (χ2v) is 7.61. The number of nitrogens with zero attached hydrogens (tertiary/aromatic N) is 2. The predicted octanol–water partition coefficient (Wildman–Crippen LogP) is 0.332. The lowest BCUT2D eigenvalue weighted by Gasteiger charge is -2.32. The van der Waals surface area contributed by atoms with Crippen molar-refractivity contribution in [1.29, 1.82) is 0 Å². The number of sulfone groups is 1. The maximum absolute atomic E-state index is 11.5. The molecule has 7 heteroatoms. The Morgan fingerprint density at radius 3 is 2.48 bits per heavy atom. The minimum atomic E-state index is -3.21. The first-order chi connectivity index (χ1) is 9.86. The number of hydrogen-bond acceptors (Lipinski definition) is 6. The zero-order valence-electron chi connectivity index (χ0n) is 12.7. The Morgan fingerprint density at radius 1 is 1.24 bits per heavy atom. The summed E-state index contributed by atoms with van der Waals surface area (Å²) >= 11 is 0. The van der Waals surface area contributed by atoms with Crippen LogP contribution in [0.4, 0.5) is 11.4 Å². The Labute approximate surface area is 126 Å². The van der Waals surface area contributed by atoms with Crippen LogP contribution in [0.5, 0.6) is 0 Å². The smallest absolute Gasteiger partial charge is 0.175 e. The van der Waals surface area contributed by atoms with Crippen LogP contribution < -0.4 is 11.1 Å². The minimum absolute atomic E-state index is 0.254. The van der Waals surface area contributed by atoms with Crippen LogP contribution in [-0.2, 0) is 9.84 Å². The molecule has 6 nitrogen and oxygen atoms in total. The largest absolute Gasteiger partial charge is 0.397 e. The van der Waals surface area contributed by atoms with Crippen molar-refractivity contribution < 1.29 is 8.42 Å². The van der Waals surface area contributed by atoms with Crippen molar-refractivity contribution in [2.24, 2.45) is 0 Å². The average molecular weight is 312 g/mol. The predicted molar refractivity (Wildman–Crippen MR) is 86.4 cm³/mol. The van der Waals surface area contributed by atoms with E-state index in [-0.39, 0.29) is 4.90 Å². The number of nitrogens with two attached hydrogens (primary N) is 1. The summed E-state index contributed by atoms with van der Waals surface area (Å²) in [7, 11) is -1.07. The van der Waals surface area contributed by atoms with Crippen LogP contribution in [0.25, 0.3) is 0 Å². The highest BCUT2D eigenvalue weighted by molar-refractivity contribution is 7.90. The van der Waals surface area contributed by atoms with E-state index in [1.54, 1.807) is 12.1 Å².